The first-order valence-electron chi connectivity index (χ1n) is 10.8. The maximum atomic E-state index is 13.2. The number of benzene rings is 1. The van der Waals surface area contributed by atoms with Gasteiger partial charge in [0.15, 0.2) is 0 Å². The Morgan fingerprint density at radius 1 is 1.10 bits per heavy atom. The predicted molar refractivity (Wildman–Crippen MR) is 117 cm³/mol. The van der Waals surface area contributed by atoms with Gasteiger partial charge in [-0.25, -0.2) is 0 Å². The molecule has 7 heteroatoms. The Kier molecular flexibility index (Phi) is 6.01. The number of aromatic hydroxyl groups is 1. The largest absolute Gasteiger partial charge is 0.508 e. The molecular weight excluding hydrogens is 380 g/mol. The molecule has 1 aromatic heterocycles. The molecule has 30 heavy (non-hydrogen) atoms. The van der Waals surface area contributed by atoms with Crippen LogP contribution in [0.5, 0.6) is 5.75 Å². The summed E-state index contributed by atoms with van der Waals surface area (Å²) in [4.78, 5) is 20.0. The molecule has 2 atom stereocenters. The lowest BCUT2D eigenvalue weighted by Gasteiger charge is -2.43. The van der Waals surface area contributed by atoms with Crippen molar-refractivity contribution in [2.24, 2.45) is 7.05 Å². The Bertz CT molecular complexity index is 871. The summed E-state index contributed by atoms with van der Waals surface area (Å²) in [5.74, 6) is 0.401. The number of carbonyl (C=O) groups excluding carboxylic acids is 1. The summed E-state index contributed by atoms with van der Waals surface area (Å²) < 4.78 is 8.06. The van der Waals surface area contributed by atoms with Gasteiger partial charge in [-0.3, -0.25) is 9.69 Å². The first-order valence-corrected chi connectivity index (χ1v) is 10.8. The lowest BCUT2D eigenvalue weighted by atomic mass is 10.0. The van der Waals surface area contributed by atoms with E-state index in [0.717, 1.165) is 56.1 Å². The van der Waals surface area contributed by atoms with Crippen LogP contribution in [0.2, 0.25) is 0 Å². The van der Waals surface area contributed by atoms with Crippen LogP contribution in [0, 0.1) is 0 Å². The molecule has 2 aliphatic heterocycles. The standard InChI is InChI=1S/C23H32N4O3/c1-4-10-27-16-20(22(30-3)21-19(23(27)29)9-11-24(21)2)26-14-12-25(13-15-26)17-5-7-18(28)8-6-17/h5-9,11,20,22,28H,4,10,12-16H2,1-3H3. The Morgan fingerprint density at radius 3 is 2.43 bits per heavy atom. The van der Waals surface area contributed by atoms with Gasteiger partial charge < -0.3 is 24.2 Å². The Balaban J connectivity index is 1.57. The molecule has 1 aromatic carbocycles. The molecule has 0 bridgehead atoms. The Labute approximate surface area is 178 Å². The quantitative estimate of drug-likeness (QED) is 0.818. The van der Waals surface area contributed by atoms with Crippen molar-refractivity contribution < 1.29 is 14.6 Å². The number of aromatic nitrogens is 1. The van der Waals surface area contributed by atoms with Crippen LogP contribution in [0.1, 0.15) is 35.5 Å². The number of hydrogen-bond donors (Lipinski definition) is 1. The first kappa shape index (κ1) is 20.8. The number of nitrogens with zero attached hydrogens (tertiary/aromatic N) is 4. The number of phenols is 1. The molecule has 1 amide bonds. The van der Waals surface area contributed by atoms with E-state index in [1.54, 1.807) is 19.2 Å². The number of aryl methyl sites for hydroxylation is 1. The number of amides is 1. The van der Waals surface area contributed by atoms with Gasteiger partial charge in [0.25, 0.3) is 5.91 Å². The summed E-state index contributed by atoms with van der Waals surface area (Å²) in [5.41, 5.74) is 2.87. The van der Waals surface area contributed by atoms with Crippen molar-refractivity contribution in [3.63, 3.8) is 0 Å². The Hall–Kier alpha value is -2.51. The highest BCUT2D eigenvalue weighted by Gasteiger charge is 2.40. The molecule has 2 aliphatic rings. The Morgan fingerprint density at radius 2 is 1.80 bits per heavy atom. The fraction of sp³-hybridized carbons (Fsp3) is 0.522. The molecule has 0 aliphatic carbocycles. The zero-order valence-corrected chi connectivity index (χ0v) is 18.1. The van der Waals surface area contributed by atoms with E-state index in [9.17, 15) is 9.90 Å². The van der Waals surface area contributed by atoms with Crippen LogP contribution in [0.15, 0.2) is 36.5 Å². The smallest absolute Gasteiger partial charge is 0.255 e. The molecule has 0 radical (unpaired) electrons. The second-order valence-electron chi connectivity index (χ2n) is 8.24. The summed E-state index contributed by atoms with van der Waals surface area (Å²) in [6.45, 7) is 7.16. The maximum Gasteiger partial charge on any atom is 0.255 e. The molecule has 4 rings (SSSR count). The monoisotopic (exact) mass is 412 g/mol. The molecule has 2 aromatic rings. The number of phenolic OH excluding ortho intramolecular Hbond substituents is 1. The molecule has 2 unspecified atom stereocenters. The minimum atomic E-state index is -0.147. The van der Waals surface area contributed by atoms with E-state index in [4.69, 9.17) is 4.74 Å². The van der Waals surface area contributed by atoms with Crippen LogP contribution >= 0.6 is 0 Å². The highest BCUT2D eigenvalue weighted by atomic mass is 16.5. The van der Waals surface area contributed by atoms with Gasteiger partial charge >= 0.3 is 0 Å². The summed E-state index contributed by atoms with van der Waals surface area (Å²) in [7, 11) is 3.74. The van der Waals surface area contributed by atoms with Crippen molar-refractivity contribution in [2.75, 3.05) is 51.3 Å². The fourth-order valence-electron chi connectivity index (χ4n) is 4.85. The number of ether oxygens (including phenoxy) is 1. The van der Waals surface area contributed by atoms with Gasteiger partial charge in [0.1, 0.15) is 11.9 Å². The van der Waals surface area contributed by atoms with Gasteiger partial charge in [0.05, 0.1) is 17.3 Å². The number of carbonyl (C=O) groups is 1. The second kappa shape index (κ2) is 8.70. The summed E-state index contributed by atoms with van der Waals surface area (Å²) in [6, 6.07) is 9.44. The molecule has 1 saturated heterocycles. The first-order chi connectivity index (χ1) is 14.5. The van der Waals surface area contributed by atoms with Crippen LogP contribution in [-0.4, -0.2) is 77.8 Å². The molecule has 0 saturated carbocycles. The van der Waals surface area contributed by atoms with E-state index in [2.05, 4.69) is 16.7 Å². The third-order valence-electron chi connectivity index (χ3n) is 6.41. The third-order valence-corrected chi connectivity index (χ3v) is 6.41. The van der Waals surface area contributed by atoms with E-state index in [-0.39, 0.29) is 23.8 Å². The topological polar surface area (TPSA) is 61.2 Å². The summed E-state index contributed by atoms with van der Waals surface area (Å²) in [5, 5.41) is 9.55. The van der Waals surface area contributed by atoms with Gasteiger partial charge in [-0.15, -0.1) is 0 Å². The summed E-state index contributed by atoms with van der Waals surface area (Å²) >= 11 is 0. The van der Waals surface area contributed by atoms with Crippen molar-refractivity contribution in [3.05, 3.63) is 47.8 Å². The van der Waals surface area contributed by atoms with Crippen LogP contribution in [-0.2, 0) is 11.8 Å². The second-order valence-corrected chi connectivity index (χ2v) is 8.24. The maximum absolute atomic E-state index is 13.2. The average Bonchev–Trinajstić information content (AvgIpc) is 3.09. The van der Waals surface area contributed by atoms with Gasteiger partial charge in [-0.1, -0.05) is 6.92 Å². The predicted octanol–water partition coefficient (Wildman–Crippen LogP) is 2.47. The molecule has 3 heterocycles. The third kappa shape index (κ3) is 3.79. The van der Waals surface area contributed by atoms with E-state index in [1.807, 2.05) is 40.9 Å². The number of methoxy groups -OCH3 is 1. The molecule has 1 N–H and O–H groups in total. The number of anilines is 1. The van der Waals surface area contributed by atoms with Crippen molar-refractivity contribution in [2.45, 2.75) is 25.5 Å². The number of hydrogen-bond acceptors (Lipinski definition) is 5. The van der Waals surface area contributed by atoms with Crippen molar-refractivity contribution >= 4 is 11.6 Å². The molecule has 162 valence electrons. The minimum Gasteiger partial charge on any atom is -0.508 e. The molecule has 0 spiro atoms. The van der Waals surface area contributed by atoms with Crippen molar-refractivity contribution in [1.82, 2.24) is 14.4 Å². The molecule has 1 fully saturated rings. The zero-order chi connectivity index (χ0) is 21.3. The van der Waals surface area contributed by atoms with Gasteiger partial charge in [-0.2, -0.15) is 0 Å². The fourth-order valence-corrected chi connectivity index (χ4v) is 4.85. The van der Waals surface area contributed by atoms with Crippen LogP contribution in [0.4, 0.5) is 5.69 Å². The average molecular weight is 413 g/mol. The lowest BCUT2D eigenvalue weighted by Crippen LogP contribution is -2.55. The van der Waals surface area contributed by atoms with E-state index >= 15 is 0 Å². The number of rotatable bonds is 5. The van der Waals surface area contributed by atoms with Crippen LogP contribution in [0.3, 0.4) is 0 Å². The van der Waals surface area contributed by atoms with Gasteiger partial charge in [-0.05, 0) is 36.8 Å². The number of piperazine rings is 1. The van der Waals surface area contributed by atoms with Crippen LogP contribution < -0.4 is 4.90 Å². The van der Waals surface area contributed by atoms with E-state index in [1.165, 1.54) is 0 Å². The zero-order valence-electron chi connectivity index (χ0n) is 18.1. The van der Waals surface area contributed by atoms with Gasteiger partial charge in [0.2, 0.25) is 0 Å². The minimum absolute atomic E-state index is 0.111. The van der Waals surface area contributed by atoms with E-state index in [0.29, 0.717) is 6.54 Å². The van der Waals surface area contributed by atoms with Crippen molar-refractivity contribution in [1.29, 1.82) is 0 Å². The lowest BCUT2D eigenvalue weighted by molar-refractivity contribution is -0.00306. The van der Waals surface area contributed by atoms with E-state index < -0.39 is 0 Å². The van der Waals surface area contributed by atoms with Gasteiger partial charge in [0, 0.05) is 65.3 Å². The highest BCUT2D eigenvalue weighted by Crippen LogP contribution is 2.33. The normalized spacial score (nSPS) is 22.8. The highest BCUT2D eigenvalue weighted by molar-refractivity contribution is 5.96. The van der Waals surface area contributed by atoms with Crippen LogP contribution in [0.25, 0.3) is 0 Å². The SMILES string of the molecule is CCCN1CC(N2CCN(c3ccc(O)cc3)CC2)C(OC)c2c(ccn2C)C1=O. The molecule has 7 nitrogen and oxygen atoms in total. The summed E-state index contributed by atoms with van der Waals surface area (Å²) in [6.07, 6.45) is 2.75. The molecular formula is C23H32N4O3. The number of fused-ring (bicyclic) bond motifs is 1. The van der Waals surface area contributed by atoms with Crippen molar-refractivity contribution in [3.8, 4) is 5.75 Å².